The van der Waals surface area contributed by atoms with Crippen molar-refractivity contribution in [3.05, 3.63) is 24.0 Å². The number of hydrogen-bond donors (Lipinski definition) is 2. The minimum atomic E-state index is -0.468. The molecule has 1 atom stereocenters. The minimum Gasteiger partial charge on any atom is -0.444 e. The molecule has 0 radical (unpaired) electrons. The highest BCUT2D eigenvalue weighted by molar-refractivity contribution is 6.00. The lowest BCUT2D eigenvalue weighted by Gasteiger charge is -2.43. The zero-order chi connectivity index (χ0) is 25.2. The van der Waals surface area contributed by atoms with E-state index in [0.29, 0.717) is 24.8 Å². The van der Waals surface area contributed by atoms with Crippen molar-refractivity contribution in [2.45, 2.75) is 82.9 Å². The van der Waals surface area contributed by atoms with E-state index in [0.717, 1.165) is 56.7 Å². The quantitative estimate of drug-likeness (QED) is 0.597. The summed E-state index contributed by atoms with van der Waals surface area (Å²) in [6.45, 7) is 8.69. The SMILES string of the molecule is CN(CC1CCN(c2ccc(C3CCC(=O)NC3=O)nc2)CC1)C1CC(NC(=O)OC(C)(C)C)C1. The molecule has 1 aromatic heterocycles. The predicted molar refractivity (Wildman–Crippen MR) is 133 cm³/mol. The Labute approximate surface area is 208 Å². The van der Waals surface area contributed by atoms with Crippen LogP contribution in [0.15, 0.2) is 18.3 Å². The molecule has 3 amide bonds. The first-order chi connectivity index (χ1) is 16.6. The topological polar surface area (TPSA) is 104 Å². The van der Waals surface area contributed by atoms with Crippen molar-refractivity contribution < 1.29 is 19.1 Å². The fourth-order valence-corrected chi connectivity index (χ4v) is 5.24. The van der Waals surface area contributed by atoms with Crippen molar-refractivity contribution in [1.29, 1.82) is 0 Å². The van der Waals surface area contributed by atoms with Gasteiger partial charge in [-0.3, -0.25) is 19.9 Å². The number of carbonyl (C=O) groups is 3. The average molecular weight is 486 g/mol. The van der Waals surface area contributed by atoms with Gasteiger partial charge < -0.3 is 19.9 Å². The van der Waals surface area contributed by atoms with Crippen molar-refractivity contribution in [2.75, 3.05) is 31.6 Å². The van der Waals surface area contributed by atoms with E-state index in [9.17, 15) is 14.4 Å². The van der Waals surface area contributed by atoms with Crippen LogP contribution < -0.4 is 15.5 Å². The van der Waals surface area contributed by atoms with Gasteiger partial charge in [0.2, 0.25) is 11.8 Å². The summed E-state index contributed by atoms with van der Waals surface area (Å²) in [6.07, 6.45) is 6.63. The zero-order valence-electron chi connectivity index (χ0n) is 21.4. The number of nitrogens with one attached hydrogen (secondary N) is 2. The Hall–Kier alpha value is -2.68. The van der Waals surface area contributed by atoms with Gasteiger partial charge in [-0.25, -0.2) is 4.79 Å². The minimum absolute atomic E-state index is 0.203. The summed E-state index contributed by atoms with van der Waals surface area (Å²) in [7, 11) is 2.19. The van der Waals surface area contributed by atoms with Gasteiger partial charge in [-0.15, -0.1) is 0 Å². The number of anilines is 1. The van der Waals surface area contributed by atoms with Gasteiger partial charge in [-0.1, -0.05) is 0 Å². The molecule has 3 fully saturated rings. The highest BCUT2D eigenvalue weighted by atomic mass is 16.6. The van der Waals surface area contributed by atoms with E-state index >= 15 is 0 Å². The first-order valence-electron chi connectivity index (χ1n) is 12.8. The first-order valence-corrected chi connectivity index (χ1v) is 12.8. The monoisotopic (exact) mass is 485 g/mol. The Kier molecular flexibility index (Phi) is 7.64. The second-order valence-electron chi connectivity index (χ2n) is 11.3. The summed E-state index contributed by atoms with van der Waals surface area (Å²) in [6, 6.07) is 4.69. The molecule has 2 N–H and O–H groups in total. The number of amides is 3. The lowest BCUT2D eigenvalue weighted by Crippen LogP contribution is -2.54. The molecular formula is C26H39N5O4. The Morgan fingerprint density at radius 2 is 1.91 bits per heavy atom. The smallest absolute Gasteiger partial charge is 0.407 e. The zero-order valence-corrected chi connectivity index (χ0v) is 21.4. The van der Waals surface area contributed by atoms with Crippen LogP contribution in [0.3, 0.4) is 0 Å². The summed E-state index contributed by atoms with van der Waals surface area (Å²) in [5, 5.41) is 5.38. The van der Waals surface area contributed by atoms with Gasteiger partial charge in [0.05, 0.1) is 23.5 Å². The van der Waals surface area contributed by atoms with Crippen LogP contribution in [0.5, 0.6) is 0 Å². The molecule has 2 saturated heterocycles. The number of ether oxygens (including phenoxy) is 1. The molecule has 0 spiro atoms. The number of imide groups is 1. The third-order valence-corrected chi connectivity index (χ3v) is 7.35. The van der Waals surface area contributed by atoms with E-state index < -0.39 is 5.60 Å². The van der Waals surface area contributed by atoms with Crippen LogP contribution in [0.1, 0.15) is 70.9 Å². The molecular weight excluding hydrogens is 446 g/mol. The maximum absolute atomic E-state index is 12.1. The molecule has 2 aliphatic heterocycles. The molecule has 0 bridgehead atoms. The summed E-state index contributed by atoms with van der Waals surface area (Å²) in [5.41, 5.74) is 1.35. The van der Waals surface area contributed by atoms with Crippen molar-refractivity contribution in [3.8, 4) is 0 Å². The maximum Gasteiger partial charge on any atom is 0.407 e. The van der Waals surface area contributed by atoms with Crippen LogP contribution in [0, 0.1) is 5.92 Å². The third kappa shape index (κ3) is 6.72. The van der Waals surface area contributed by atoms with Crippen LogP contribution in [-0.4, -0.2) is 72.2 Å². The summed E-state index contributed by atoms with van der Waals surface area (Å²) in [4.78, 5) is 44.8. The van der Waals surface area contributed by atoms with Gasteiger partial charge >= 0.3 is 6.09 Å². The molecule has 1 aromatic rings. The van der Waals surface area contributed by atoms with Gasteiger partial charge in [-0.05, 0) is 78.0 Å². The number of aromatic nitrogens is 1. The standard InChI is InChI=1S/C26H39N5O4/c1-26(2,3)35-25(34)28-18-13-20(14-18)30(4)16-17-9-11-31(12-10-17)19-5-7-22(27-15-19)21-6-8-23(32)29-24(21)33/h5,7,15,17-18,20-21H,6,8-14,16H2,1-4H3,(H,28,34)(H,29,32,33). The molecule has 3 aliphatic rings. The van der Waals surface area contributed by atoms with Crippen LogP contribution in [0.2, 0.25) is 0 Å². The van der Waals surface area contributed by atoms with Gasteiger partial charge in [0.25, 0.3) is 0 Å². The Morgan fingerprint density at radius 3 is 2.51 bits per heavy atom. The number of pyridine rings is 1. The molecule has 192 valence electrons. The lowest BCUT2D eigenvalue weighted by molar-refractivity contribution is -0.134. The molecule has 1 saturated carbocycles. The first kappa shape index (κ1) is 25.4. The number of rotatable bonds is 6. The second-order valence-corrected chi connectivity index (χ2v) is 11.3. The molecule has 3 heterocycles. The number of nitrogens with zero attached hydrogens (tertiary/aromatic N) is 3. The molecule has 1 unspecified atom stereocenters. The summed E-state index contributed by atoms with van der Waals surface area (Å²) in [5.74, 6) is -0.130. The number of alkyl carbamates (subject to hydrolysis) is 1. The van der Waals surface area contributed by atoms with Gasteiger partial charge in [-0.2, -0.15) is 0 Å². The Morgan fingerprint density at radius 1 is 1.20 bits per heavy atom. The molecule has 35 heavy (non-hydrogen) atoms. The van der Waals surface area contributed by atoms with Gasteiger partial charge in [0.1, 0.15) is 5.60 Å². The molecule has 9 heteroatoms. The number of hydrogen-bond acceptors (Lipinski definition) is 7. The largest absolute Gasteiger partial charge is 0.444 e. The van der Waals surface area contributed by atoms with E-state index in [-0.39, 0.29) is 29.9 Å². The second kappa shape index (κ2) is 10.5. The van der Waals surface area contributed by atoms with E-state index in [1.807, 2.05) is 39.1 Å². The normalized spacial score (nSPS) is 25.7. The van der Waals surface area contributed by atoms with Crippen LogP contribution in [0.4, 0.5) is 10.5 Å². The van der Waals surface area contributed by atoms with Crippen molar-refractivity contribution in [3.63, 3.8) is 0 Å². The van der Waals surface area contributed by atoms with Crippen molar-refractivity contribution in [2.24, 2.45) is 5.92 Å². The lowest BCUT2D eigenvalue weighted by atomic mass is 9.84. The van der Waals surface area contributed by atoms with E-state index in [2.05, 4.69) is 32.5 Å². The fourth-order valence-electron chi connectivity index (χ4n) is 5.24. The molecule has 0 aromatic carbocycles. The van der Waals surface area contributed by atoms with Crippen LogP contribution in [-0.2, 0) is 14.3 Å². The fraction of sp³-hybridized carbons (Fsp3) is 0.692. The van der Waals surface area contributed by atoms with Crippen molar-refractivity contribution in [1.82, 2.24) is 20.5 Å². The van der Waals surface area contributed by atoms with Gasteiger partial charge in [0, 0.05) is 38.1 Å². The average Bonchev–Trinajstić information content (AvgIpc) is 2.75. The van der Waals surface area contributed by atoms with Crippen LogP contribution >= 0.6 is 0 Å². The van der Waals surface area contributed by atoms with E-state index in [1.54, 1.807) is 0 Å². The molecule has 4 rings (SSSR count). The van der Waals surface area contributed by atoms with Crippen LogP contribution in [0.25, 0.3) is 0 Å². The highest BCUT2D eigenvalue weighted by Crippen LogP contribution is 2.30. The Bertz CT molecular complexity index is 915. The summed E-state index contributed by atoms with van der Waals surface area (Å²) >= 11 is 0. The third-order valence-electron chi connectivity index (χ3n) is 7.35. The number of carbonyl (C=O) groups excluding carboxylic acids is 3. The predicted octanol–water partition coefficient (Wildman–Crippen LogP) is 2.81. The maximum atomic E-state index is 12.1. The highest BCUT2D eigenvalue weighted by Gasteiger charge is 2.35. The number of piperidine rings is 2. The van der Waals surface area contributed by atoms with E-state index in [4.69, 9.17) is 4.74 Å². The van der Waals surface area contributed by atoms with Crippen molar-refractivity contribution >= 4 is 23.6 Å². The molecule has 1 aliphatic carbocycles. The van der Waals surface area contributed by atoms with Gasteiger partial charge in [0.15, 0.2) is 0 Å². The molecule has 9 nitrogen and oxygen atoms in total. The summed E-state index contributed by atoms with van der Waals surface area (Å²) < 4.78 is 5.35. The Balaban J connectivity index is 1.17. The van der Waals surface area contributed by atoms with E-state index in [1.165, 1.54) is 0 Å².